The molecule has 0 fully saturated rings. The van der Waals surface area contributed by atoms with Crippen LogP contribution >= 0.6 is 0 Å². The SMILES string of the molecule is CCCN(CC(F)(F)F)C(=O)N(CC(=O)O)CC(C)C. The number of urea groups is 1. The average Bonchev–Trinajstić information content (AvgIpc) is 2.23. The van der Waals surface area contributed by atoms with Crippen LogP contribution in [-0.2, 0) is 4.79 Å². The molecule has 0 aliphatic carbocycles. The number of carbonyl (C=O) groups is 2. The predicted octanol–water partition coefficient (Wildman–Crippen LogP) is 2.42. The molecule has 5 nitrogen and oxygen atoms in total. The number of alkyl halides is 3. The molecule has 0 aromatic heterocycles. The molecule has 0 atom stereocenters. The highest BCUT2D eigenvalue weighted by Gasteiger charge is 2.34. The number of hydrogen-bond acceptors (Lipinski definition) is 2. The van der Waals surface area contributed by atoms with E-state index in [0.717, 1.165) is 4.90 Å². The average molecular weight is 298 g/mol. The number of carboxylic acids is 1. The van der Waals surface area contributed by atoms with E-state index in [1.807, 2.05) is 0 Å². The Labute approximate surface area is 116 Å². The van der Waals surface area contributed by atoms with Crippen LogP contribution in [0.2, 0.25) is 0 Å². The second-order valence-corrected chi connectivity index (χ2v) is 4.99. The minimum Gasteiger partial charge on any atom is -0.480 e. The van der Waals surface area contributed by atoms with Gasteiger partial charge in [0, 0.05) is 13.1 Å². The summed E-state index contributed by atoms with van der Waals surface area (Å²) in [6, 6.07) is -0.889. The van der Waals surface area contributed by atoms with Gasteiger partial charge in [0.15, 0.2) is 0 Å². The smallest absolute Gasteiger partial charge is 0.406 e. The fourth-order valence-electron chi connectivity index (χ4n) is 1.74. The molecule has 0 aromatic rings. The molecule has 0 unspecified atom stereocenters. The molecule has 1 N–H and O–H groups in total. The normalized spacial score (nSPS) is 11.6. The summed E-state index contributed by atoms with van der Waals surface area (Å²) in [6.07, 6.45) is -4.14. The van der Waals surface area contributed by atoms with Gasteiger partial charge >= 0.3 is 18.2 Å². The van der Waals surface area contributed by atoms with Crippen LogP contribution in [0, 0.1) is 5.92 Å². The molecule has 0 aromatic carbocycles. The molecule has 2 amide bonds. The summed E-state index contributed by atoms with van der Waals surface area (Å²) in [4.78, 5) is 24.4. The largest absolute Gasteiger partial charge is 0.480 e. The third kappa shape index (κ3) is 7.85. The van der Waals surface area contributed by atoms with E-state index in [4.69, 9.17) is 5.11 Å². The fraction of sp³-hybridized carbons (Fsp3) is 0.833. The molecule has 0 rings (SSSR count). The summed E-state index contributed by atoms with van der Waals surface area (Å²) < 4.78 is 37.3. The standard InChI is InChI=1S/C12H21F3N2O3/c1-4-5-16(8-12(13,14)15)11(20)17(6-9(2)3)7-10(18)19/h9H,4-8H2,1-3H3,(H,18,19). The minimum atomic E-state index is -4.50. The highest BCUT2D eigenvalue weighted by Crippen LogP contribution is 2.18. The van der Waals surface area contributed by atoms with Gasteiger partial charge < -0.3 is 14.9 Å². The van der Waals surface area contributed by atoms with Crippen molar-refractivity contribution in [3.8, 4) is 0 Å². The Balaban J connectivity index is 4.98. The van der Waals surface area contributed by atoms with Crippen molar-refractivity contribution in [3.63, 3.8) is 0 Å². The van der Waals surface area contributed by atoms with Crippen LogP contribution in [-0.4, -0.2) is 59.3 Å². The first kappa shape index (κ1) is 18.5. The van der Waals surface area contributed by atoms with Gasteiger partial charge in [0.05, 0.1) is 0 Å². The van der Waals surface area contributed by atoms with Gasteiger partial charge in [0.2, 0.25) is 0 Å². The summed E-state index contributed by atoms with van der Waals surface area (Å²) in [5.41, 5.74) is 0. The van der Waals surface area contributed by atoms with Crippen LogP contribution in [0.3, 0.4) is 0 Å². The molecule has 20 heavy (non-hydrogen) atoms. The van der Waals surface area contributed by atoms with E-state index in [2.05, 4.69) is 0 Å². The van der Waals surface area contributed by atoms with Gasteiger partial charge in [0.25, 0.3) is 0 Å². The molecular formula is C12H21F3N2O3. The second-order valence-electron chi connectivity index (χ2n) is 4.99. The van der Waals surface area contributed by atoms with Crippen LogP contribution in [0.4, 0.5) is 18.0 Å². The van der Waals surface area contributed by atoms with Gasteiger partial charge in [-0.15, -0.1) is 0 Å². The number of carboxylic acid groups (broad SMARTS) is 1. The molecule has 0 aliphatic heterocycles. The molecule has 0 bridgehead atoms. The van der Waals surface area contributed by atoms with Crippen LogP contribution in [0.25, 0.3) is 0 Å². The molecular weight excluding hydrogens is 277 g/mol. The van der Waals surface area contributed by atoms with E-state index in [1.165, 1.54) is 0 Å². The van der Waals surface area contributed by atoms with Crippen molar-refractivity contribution in [2.24, 2.45) is 5.92 Å². The quantitative estimate of drug-likeness (QED) is 0.785. The lowest BCUT2D eigenvalue weighted by atomic mass is 10.2. The Hall–Kier alpha value is -1.47. The van der Waals surface area contributed by atoms with Gasteiger partial charge in [-0.2, -0.15) is 13.2 Å². The molecule has 0 heterocycles. The van der Waals surface area contributed by atoms with Gasteiger partial charge in [-0.1, -0.05) is 20.8 Å². The van der Waals surface area contributed by atoms with Crippen molar-refractivity contribution >= 4 is 12.0 Å². The number of aliphatic carboxylic acids is 1. The number of rotatable bonds is 7. The molecule has 8 heteroatoms. The third-order valence-corrected chi connectivity index (χ3v) is 2.32. The number of nitrogens with zero attached hydrogens (tertiary/aromatic N) is 2. The fourth-order valence-corrected chi connectivity index (χ4v) is 1.74. The summed E-state index contributed by atoms with van der Waals surface area (Å²) in [7, 11) is 0. The van der Waals surface area contributed by atoms with E-state index in [9.17, 15) is 22.8 Å². The van der Waals surface area contributed by atoms with Crippen molar-refractivity contribution in [3.05, 3.63) is 0 Å². The van der Waals surface area contributed by atoms with E-state index in [1.54, 1.807) is 20.8 Å². The van der Waals surface area contributed by atoms with Gasteiger partial charge in [-0.05, 0) is 12.3 Å². The van der Waals surface area contributed by atoms with Crippen molar-refractivity contribution in [2.75, 3.05) is 26.2 Å². The van der Waals surface area contributed by atoms with E-state index in [-0.39, 0.29) is 19.0 Å². The highest BCUT2D eigenvalue weighted by atomic mass is 19.4. The number of carbonyl (C=O) groups excluding carboxylic acids is 1. The van der Waals surface area contributed by atoms with Crippen molar-refractivity contribution in [2.45, 2.75) is 33.4 Å². The summed E-state index contributed by atoms with van der Waals surface area (Å²) in [6.45, 7) is 3.24. The molecule has 118 valence electrons. The number of halogens is 3. The molecule has 0 radical (unpaired) electrons. The maximum atomic E-state index is 12.4. The van der Waals surface area contributed by atoms with Gasteiger partial charge in [-0.25, -0.2) is 4.79 Å². The molecule has 0 saturated carbocycles. The summed E-state index contributed by atoms with van der Waals surface area (Å²) in [5, 5.41) is 8.76. The van der Waals surface area contributed by atoms with Crippen LogP contribution in [0.15, 0.2) is 0 Å². The highest BCUT2D eigenvalue weighted by molar-refractivity contribution is 5.80. The lowest BCUT2D eigenvalue weighted by Gasteiger charge is -2.31. The molecule has 0 aliphatic rings. The van der Waals surface area contributed by atoms with E-state index in [0.29, 0.717) is 11.3 Å². The Morgan fingerprint density at radius 2 is 1.75 bits per heavy atom. The minimum absolute atomic E-state index is 0.0346. The topological polar surface area (TPSA) is 60.9 Å². The zero-order chi connectivity index (χ0) is 15.9. The maximum absolute atomic E-state index is 12.4. The van der Waals surface area contributed by atoms with Crippen molar-refractivity contribution < 1.29 is 27.9 Å². The summed E-state index contributed by atoms with van der Waals surface area (Å²) in [5.74, 6) is -1.28. The Morgan fingerprint density at radius 1 is 1.20 bits per heavy atom. The zero-order valence-electron chi connectivity index (χ0n) is 11.9. The van der Waals surface area contributed by atoms with Gasteiger partial charge in [-0.3, -0.25) is 4.79 Å². The lowest BCUT2D eigenvalue weighted by Crippen LogP contribution is -2.49. The zero-order valence-corrected chi connectivity index (χ0v) is 11.9. The predicted molar refractivity (Wildman–Crippen MR) is 67.4 cm³/mol. The van der Waals surface area contributed by atoms with Crippen LogP contribution < -0.4 is 0 Å². The lowest BCUT2D eigenvalue weighted by molar-refractivity contribution is -0.142. The Morgan fingerprint density at radius 3 is 2.10 bits per heavy atom. The first-order chi connectivity index (χ1) is 9.06. The van der Waals surface area contributed by atoms with Crippen molar-refractivity contribution in [1.29, 1.82) is 0 Å². The summed E-state index contributed by atoms with van der Waals surface area (Å²) >= 11 is 0. The first-order valence-electron chi connectivity index (χ1n) is 6.39. The second kappa shape index (κ2) is 7.96. The number of amides is 2. The van der Waals surface area contributed by atoms with Crippen molar-refractivity contribution in [1.82, 2.24) is 9.80 Å². The van der Waals surface area contributed by atoms with Crippen LogP contribution in [0.1, 0.15) is 27.2 Å². The number of hydrogen-bond donors (Lipinski definition) is 1. The van der Waals surface area contributed by atoms with Gasteiger partial charge in [0.1, 0.15) is 13.1 Å². The molecule has 0 saturated heterocycles. The Kier molecular flexibility index (Phi) is 7.38. The third-order valence-electron chi connectivity index (χ3n) is 2.32. The molecule has 0 spiro atoms. The maximum Gasteiger partial charge on any atom is 0.406 e. The first-order valence-corrected chi connectivity index (χ1v) is 6.39. The van der Waals surface area contributed by atoms with E-state index >= 15 is 0 Å². The van der Waals surface area contributed by atoms with E-state index < -0.39 is 31.3 Å². The monoisotopic (exact) mass is 298 g/mol. The Bertz CT molecular complexity index is 332. The van der Waals surface area contributed by atoms with Crippen LogP contribution in [0.5, 0.6) is 0 Å².